The third-order valence-corrected chi connectivity index (χ3v) is 10.2. The van der Waals surface area contributed by atoms with Gasteiger partial charge in [-0.3, -0.25) is 4.98 Å². The predicted octanol–water partition coefficient (Wildman–Crippen LogP) is 16.4. The number of hydrogen-bond donors (Lipinski definition) is 0. The molecular formula is C60H36N2O. The second-order valence-electron chi connectivity index (χ2n) is 13.6. The van der Waals surface area contributed by atoms with Gasteiger partial charge in [-0.1, -0.05) is 187 Å². The zero-order chi connectivity index (χ0) is 72.8. The van der Waals surface area contributed by atoms with Crippen LogP contribution in [0.25, 0.3) is 132 Å². The summed E-state index contributed by atoms with van der Waals surface area (Å²) in [5.74, 6) is -2.29. The molecule has 13 aromatic rings. The molecule has 3 heteroatoms. The molecule has 3 aromatic heterocycles. The molecule has 0 aliphatic carbocycles. The number of furan rings is 1. The third-order valence-electron chi connectivity index (χ3n) is 10.2. The average Bonchev–Trinajstić information content (AvgIpc) is 1.63. The lowest BCUT2D eigenvalue weighted by Crippen LogP contribution is -1.91. The standard InChI is InChI=1S/C60H36N2O/c1-3-12-37(13-4-1)55-56(59(43-14-5-2-6-15-43)63-60(55)51-31-28-40-24-23-38-16-9-17-39-27-30-50(51)54(40)53(38)39)45-19-10-18-44(36-45)46-32-33-49(48-22-8-7-21-47(46)48)52-34-29-42-26-25-41-20-11-35-61-57(41)58(42)62-52/h1-36H/i1D,2D,3D,4D,5D,6D,7D,8D,9D,10D,11D,12D,13D,14D,15D,16D,17D,18D,19D,20D,21D,22D,23D,24D,25D,26D,27D,28D,29D,30D,31D,32D,33D,34D,35D,36D. The van der Waals surface area contributed by atoms with Crippen molar-refractivity contribution < 1.29 is 53.8 Å². The van der Waals surface area contributed by atoms with Crippen LogP contribution in [0.2, 0.25) is 0 Å². The molecular weight excluding hydrogens is 765 g/mol. The van der Waals surface area contributed by atoms with Crippen molar-refractivity contribution in [2.75, 3.05) is 0 Å². The van der Waals surface area contributed by atoms with Crippen LogP contribution >= 0.6 is 0 Å². The van der Waals surface area contributed by atoms with Crippen molar-refractivity contribution in [3.05, 3.63) is 218 Å². The van der Waals surface area contributed by atoms with Crippen LogP contribution in [0.4, 0.5) is 0 Å². The van der Waals surface area contributed by atoms with Crippen molar-refractivity contribution in [3.63, 3.8) is 0 Å². The summed E-state index contributed by atoms with van der Waals surface area (Å²) in [6.45, 7) is 0. The molecule has 0 spiro atoms. The van der Waals surface area contributed by atoms with E-state index in [1.165, 1.54) is 0 Å². The largest absolute Gasteiger partial charge is 0.455 e. The molecule has 0 unspecified atom stereocenters. The minimum atomic E-state index is -1.35. The Hall–Kier alpha value is -8.40. The van der Waals surface area contributed by atoms with Crippen molar-refractivity contribution in [2.45, 2.75) is 0 Å². The van der Waals surface area contributed by atoms with Crippen molar-refractivity contribution in [1.82, 2.24) is 9.97 Å². The summed E-state index contributed by atoms with van der Waals surface area (Å²) in [7, 11) is 0. The van der Waals surface area contributed by atoms with Crippen LogP contribution in [-0.4, -0.2) is 9.97 Å². The molecule has 0 N–H and O–H groups in total. The molecule has 0 radical (unpaired) electrons. The van der Waals surface area contributed by atoms with Gasteiger partial charge in [-0.05, 0) is 89.5 Å². The maximum absolute atomic E-state index is 10.4. The first-order valence-electron chi connectivity index (χ1n) is 36.6. The number of benzene rings is 10. The highest BCUT2D eigenvalue weighted by atomic mass is 16.3. The summed E-state index contributed by atoms with van der Waals surface area (Å²) in [6.07, 6.45) is -0.837. The summed E-state index contributed by atoms with van der Waals surface area (Å²) >= 11 is 0. The molecule has 0 saturated heterocycles. The van der Waals surface area contributed by atoms with Crippen LogP contribution in [0.3, 0.4) is 0 Å². The highest BCUT2D eigenvalue weighted by Crippen LogP contribution is 2.51. The maximum Gasteiger partial charge on any atom is 0.143 e. The zero-order valence-electron chi connectivity index (χ0n) is 67.3. The zero-order valence-corrected chi connectivity index (χ0v) is 31.3. The van der Waals surface area contributed by atoms with Crippen LogP contribution in [0.5, 0.6) is 0 Å². The number of pyridine rings is 2. The average molecular weight is 837 g/mol. The Kier molecular flexibility index (Phi) is 3.33. The predicted molar refractivity (Wildman–Crippen MR) is 263 cm³/mol. The normalized spacial score (nSPS) is 19.8. The van der Waals surface area contributed by atoms with Gasteiger partial charge in [-0.2, -0.15) is 0 Å². The lowest BCUT2D eigenvalue weighted by molar-refractivity contribution is 0.599. The van der Waals surface area contributed by atoms with Gasteiger partial charge in [0.05, 0.1) is 66.1 Å². The highest BCUT2D eigenvalue weighted by Gasteiger charge is 2.27. The van der Waals surface area contributed by atoms with Gasteiger partial charge < -0.3 is 4.42 Å². The van der Waals surface area contributed by atoms with Crippen molar-refractivity contribution in [1.29, 1.82) is 0 Å². The second-order valence-corrected chi connectivity index (χ2v) is 13.6. The van der Waals surface area contributed by atoms with Crippen LogP contribution in [-0.2, 0) is 0 Å². The summed E-state index contributed by atoms with van der Waals surface area (Å²) < 4.78 is 339. The molecule has 13 rings (SSSR count). The molecule has 0 bridgehead atoms. The minimum Gasteiger partial charge on any atom is -0.455 e. The van der Waals surface area contributed by atoms with E-state index in [4.69, 9.17) is 27.7 Å². The third kappa shape index (κ3) is 5.60. The van der Waals surface area contributed by atoms with E-state index in [-0.39, 0.29) is 0 Å². The smallest absolute Gasteiger partial charge is 0.143 e. The van der Waals surface area contributed by atoms with E-state index in [1.54, 1.807) is 0 Å². The molecule has 292 valence electrons. The van der Waals surface area contributed by atoms with Gasteiger partial charge in [-0.15, -0.1) is 0 Å². The number of aromatic nitrogens is 2. The van der Waals surface area contributed by atoms with E-state index in [1.807, 2.05) is 0 Å². The van der Waals surface area contributed by atoms with Crippen molar-refractivity contribution in [3.8, 4) is 67.3 Å². The van der Waals surface area contributed by atoms with E-state index in [0.717, 1.165) is 0 Å². The van der Waals surface area contributed by atoms with Gasteiger partial charge in [0.2, 0.25) is 0 Å². The van der Waals surface area contributed by atoms with E-state index in [2.05, 4.69) is 9.97 Å². The van der Waals surface area contributed by atoms with E-state index >= 15 is 0 Å². The molecule has 63 heavy (non-hydrogen) atoms. The lowest BCUT2D eigenvalue weighted by atomic mass is 9.87. The first kappa shape index (κ1) is 14.9. The Morgan fingerprint density at radius 1 is 0.349 bits per heavy atom. The van der Waals surface area contributed by atoms with Crippen molar-refractivity contribution in [2.24, 2.45) is 0 Å². The molecule has 0 aliphatic heterocycles. The SMILES string of the molecule is [2H]c1nc2c(c([2H])c1[2H])c([2H])c([2H])c1c([2H])c([2H])c(-c3c([2H])c([2H])c(-c4c([2H])c([2H])c([2H])c(-c5c(-c6c([2H])c([2H])c([2H])c([2H])c6[2H])oc(-c6c([2H])c([2H])c7c([2H])c([2H])c8c([2H])c([2H])c([2H])c9c([2H])c([2H])c6c7c89)c5-c5c([2H])c([2H])c([2H])c([2H])c5[2H])c4[2H])c4c([2H])c([2H])c([2H])c([2H])c34)nc12. The van der Waals surface area contributed by atoms with E-state index in [0.29, 0.717) is 0 Å². The lowest BCUT2D eigenvalue weighted by Gasteiger charge is -2.15. The fourth-order valence-corrected chi connectivity index (χ4v) is 7.56. The van der Waals surface area contributed by atoms with Crippen molar-refractivity contribution >= 4 is 64.9 Å². The molecule has 10 aromatic carbocycles. The fraction of sp³-hybridized carbons (Fsp3) is 0. The minimum absolute atomic E-state index is 0.447. The molecule has 3 heterocycles. The van der Waals surface area contributed by atoms with Crippen LogP contribution in [0.1, 0.15) is 49.3 Å². The Bertz CT molecular complexity index is 5980. The van der Waals surface area contributed by atoms with E-state index < -0.39 is 350 Å². The molecule has 0 saturated carbocycles. The monoisotopic (exact) mass is 837 g/mol. The maximum atomic E-state index is 10.4. The highest BCUT2D eigenvalue weighted by molar-refractivity contribution is 6.26. The summed E-state index contributed by atoms with van der Waals surface area (Å²) in [6, 6.07) is -36.9. The number of rotatable bonds is 6. The molecule has 0 fully saturated rings. The van der Waals surface area contributed by atoms with Crippen LogP contribution < -0.4 is 0 Å². The van der Waals surface area contributed by atoms with Crippen LogP contribution in [0.15, 0.2) is 222 Å². The number of fused-ring (bicyclic) bond motifs is 4. The summed E-state index contributed by atoms with van der Waals surface area (Å²) in [5.41, 5.74) is -11.4. The Morgan fingerprint density at radius 2 is 0.905 bits per heavy atom. The topological polar surface area (TPSA) is 38.9 Å². The van der Waals surface area contributed by atoms with Gasteiger partial charge in [0.1, 0.15) is 11.5 Å². The van der Waals surface area contributed by atoms with Gasteiger partial charge >= 0.3 is 0 Å². The first-order chi connectivity index (χ1) is 46.2. The number of nitrogens with zero attached hydrogens (tertiary/aromatic N) is 2. The number of hydrogen-bond acceptors (Lipinski definition) is 3. The van der Waals surface area contributed by atoms with Gasteiger partial charge in [0.15, 0.2) is 0 Å². The van der Waals surface area contributed by atoms with Crippen LogP contribution in [0, 0.1) is 0 Å². The Morgan fingerprint density at radius 3 is 1.71 bits per heavy atom. The molecule has 3 nitrogen and oxygen atoms in total. The van der Waals surface area contributed by atoms with E-state index in [9.17, 15) is 26.0 Å². The molecule has 0 amide bonds. The van der Waals surface area contributed by atoms with Gasteiger partial charge in [0, 0.05) is 44.8 Å². The van der Waals surface area contributed by atoms with Gasteiger partial charge in [0.25, 0.3) is 0 Å². The fourth-order valence-electron chi connectivity index (χ4n) is 7.56. The second kappa shape index (κ2) is 14.1. The molecule has 0 aliphatic rings. The Labute approximate surface area is 414 Å². The van der Waals surface area contributed by atoms with Gasteiger partial charge in [-0.25, -0.2) is 4.98 Å². The summed E-state index contributed by atoms with van der Waals surface area (Å²) in [4.78, 5) is 8.50. The summed E-state index contributed by atoms with van der Waals surface area (Å²) in [5, 5.41) is -6.30. The quantitative estimate of drug-likeness (QED) is 0.157. The molecule has 0 atom stereocenters. The first-order valence-corrected chi connectivity index (χ1v) is 18.6. The Balaban J connectivity index is 1.28.